The highest BCUT2D eigenvalue weighted by molar-refractivity contribution is 7.12. The van der Waals surface area contributed by atoms with Crippen LogP contribution in [0.2, 0.25) is 0 Å². The van der Waals surface area contributed by atoms with Crippen LogP contribution in [0.3, 0.4) is 0 Å². The normalized spacial score (nSPS) is 15.6. The van der Waals surface area contributed by atoms with Gasteiger partial charge >= 0.3 is 0 Å². The molecule has 0 fully saturated rings. The number of aliphatic imine (C=N–C) groups is 1. The SMILES string of the molecule is NNC(N)=NCc1cc2c(s1)CCC2. The average molecular weight is 210 g/mol. The van der Waals surface area contributed by atoms with E-state index in [4.69, 9.17) is 11.6 Å². The van der Waals surface area contributed by atoms with Crippen molar-refractivity contribution in [2.75, 3.05) is 0 Å². The lowest BCUT2D eigenvalue weighted by molar-refractivity contribution is 0.911. The van der Waals surface area contributed by atoms with Gasteiger partial charge in [0.25, 0.3) is 0 Å². The minimum Gasteiger partial charge on any atom is -0.369 e. The zero-order chi connectivity index (χ0) is 9.97. The van der Waals surface area contributed by atoms with Crippen molar-refractivity contribution in [3.8, 4) is 0 Å². The maximum Gasteiger partial charge on any atom is 0.203 e. The van der Waals surface area contributed by atoms with Crippen LogP contribution in [0.5, 0.6) is 0 Å². The van der Waals surface area contributed by atoms with Crippen LogP contribution in [0.15, 0.2) is 11.1 Å². The number of rotatable bonds is 2. The molecule has 4 nitrogen and oxygen atoms in total. The van der Waals surface area contributed by atoms with Crippen molar-refractivity contribution < 1.29 is 0 Å². The Morgan fingerprint density at radius 2 is 2.43 bits per heavy atom. The third-order valence-electron chi connectivity index (χ3n) is 2.35. The summed E-state index contributed by atoms with van der Waals surface area (Å²) >= 11 is 1.84. The zero-order valence-corrected chi connectivity index (χ0v) is 8.73. The molecule has 0 spiro atoms. The van der Waals surface area contributed by atoms with Gasteiger partial charge in [0.15, 0.2) is 0 Å². The average Bonchev–Trinajstić information content (AvgIpc) is 2.73. The lowest BCUT2D eigenvalue weighted by Gasteiger charge is -1.96. The van der Waals surface area contributed by atoms with E-state index < -0.39 is 0 Å². The van der Waals surface area contributed by atoms with Gasteiger partial charge in [-0.05, 0) is 30.9 Å². The van der Waals surface area contributed by atoms with Gasteiger partial charge in [-0.1, -0.05) is 0 Å². The molecule has 5 N–H and O–H groups in total. The van der Waals surface area contributed by atoms with E-state index in [1.54, 1.807) is 0 Å². The van der Waals surface area contributed by atoms with Crippen molar-refractivity contribution in [1.29, 1.82) is 0 Å². The molecule has 1 aromatic rings. The number of hydrogen-bond acceptors (Lipinski definition) is 3. The highest BCUT2D eigenvalue weighted by atomic mass is 32.1. The topological polar surface area (TPSA) is 76.4 Å². The molecule has 1 aliphatic carbocycles. The van der Waals surface area contributed by atoms with Gasteiger partial charge in [0.1, 0.15) is 0 Å². The number of aryl methyl sites for hydroxylation is 2. The summed E-state index contributed by atoms with van der Waals surface area (Å²) in [5.74, 6) is 5.40. The van der Waals surface area contributed by atoms with Crippen LogP contribution in [-0.2, 0) is 19.4 Å². The van der Waals surface area contributed by atoms with Gasteiger partial charge < -0.3 is 5.73 Å². The van der Waals surface area contributed by atoms with Crippen LogP contribution < -0.4 is 17.0 Å². The summed E-state index contributed by atoms with van der Waals surface area (Å²) in [5, 5.41) is 0. The molecule has 0 atom stereocenters. The molecule has 0 unspecified atom stereocenters. The molecular weight excluding hydrogens is 196 g/mol. The Labute approximate surface area is 87.0 Å². The second-order valence-corrected chi connectivity index (χ2v) is 4.58. The Morgan fingerprint density at radius 3 is 3.14 bits per heavy atom. The Bertz CT molecular complexity index is 334. The summed E-state index contributed by atoms with van der Waals surface area (Å²) in [7, 11) is 0. The van der Waals surface area contributed by atoms with Crippen LogP contribution >= 0.6 is 11.3 Å². The molecule has 0 amide bonds. The summed E-state index contributed by atoms with van der Waals surface area (Å²) < 4.78 is 0. The molecule has 5 heteroatoms. The molecule has 1 aromatic heterocycles. The minimum atomic E-state index is 0.290. The maximum atomic E-state index is 5.43. The number of nitrogens with two attached hydrogens (primary N) is 2. The van der Waals surface area contributed by atoms with E-state index in [0.717, 1.165) is 0 Å². The van der Waals surface area contributed by atoms with Crippen LogP contribution in [0.4, 0.5) is 0 Å². The smallest absolute Gasteiger partial charge is 0.203 e. The second kappa shape index (κ2) is 3.98. The van der Waals surface area contributed by atoms with Crippen molar-refractivity contribution in [3.05, 3.63) is 21.4 Å². The molecule has 0 saturated carbocycles. The first kappa shape index (κ1) is 9.48. The van der Waals surface area contributed by atoms with E-state index in [2.05, 4.69) is 16.5 Å². The van der Waals surface area contributed by atoms with Gasteiger partial charge in [0, 0.05) is 9.75 Å². The Hall–Kier alpha value is -1.07. The quantitative estimate of drug-likeness (QED) is 0.288. The van der Waals surface area contributed by atoms with E-state index in [1.165, 1.54) is 34.6 Å². The van der Waals surface area contributed by atoms with Gasteiger partial charge in [-0.3, -0.25) is 5.43 Å². The number of thiophene rings is 1. The largest absolute Gasteiger partial charge is 0.369 e. The number of fused-ring (bicyclic) bond motifs is 1. The Balaban J connectivity index is 2.04. The molecular formula is C9H14N4S. The van der Waals surface area contributed by atoms with Gasteiger partial charge in [-0.15, -0.1) is 11.3 Å². The summed E-state index contributed by atoms with van der Waals surface area (Å²) in [6.45, 7) is 0.633. The molecule has 76 valence electrons. The second-order valence-electron chi connectivity index (χ2n) is 3.36. The highest BCUT2D eigenvalue weighted by Gasteiger charge is 2.14. The van der Waals surface area contributed by atoms with Gasteiger partial charge in [-0.2, -0.15) is 0 Å². The lowest BCUT2D eigenvalue weighted by Crippen LogP contribution is -2.37. The molecule has 0 radical (unpaired) electrons. The Morgan fingerprint density at radius 1 is 1.57 bits per heavy atom. The van der Waals surface area contributed by atoms with Crippen molar-refractivity contribution in [2.45, 2.75) is 25.8 Å². The molecule has 1 heterocycles. The number of nitrogens with zero attached hydrogens (tertiary/aromatic N) is 1. The fourth-order valence-electron chi connectivity index (χ4n) is 1.68. The highest BCUT2D eigenvalue weighted by Crippen LogP contribution is 2.30. The summed E-state index contributed by atoms with van der Waals surface area (Å²) in [4.78, 5) is 6.89. The monoisotopic (exact) mass is 210 g/mol. The van der Waals surface area contributed by atoms with Gasteiger partial charge in [0.2, 0.25) is 5.96 Å². The molecule has 0 bridgehead atoms. The predicted molar refractivity (Wildman–Crippen MR) is 59.0 cm³/mol. The maximum absolute atomic E-state index is 5.43. The molecule has 14 heavy (non-hydrogen) atoms. The fourth-order valence-corrected chi connectivity index (χ4v) is 2.86. The van der Waals surface area contributed by atoms with E-state index >= 15 is 0 Å². The van der Waals surface area contributed by atoms with Crippen LogP contribution in [0.25, 0.3) is 0 Å². The first-order chi connectivity index (χ1) is 6.79. The minimum absolute atomic E-state index is 0.290. The summed E-state index contributed by atoms with van der Waals surface area (Å²) in [6, 6.07) is 2.24. The third-order valence-corrected chi connectivity index (χ3v) is 3.57. The Kier molecular flexibility index (Phi) is 2.69. The lowest BCUT2D eigenvalue weighted by atomic mass is 10.2. The van der Waals surface area contributed by atoms with Crippen molar-refractivity contribution >= 4 is 17.3 Å². The van der Waals surface area contributed by atoms with E-state index in [9.17, 15) is 0 Å². The number of guanidine groups is 1. The predicted octanol–water partition coefficient (Wildman–Crippen LogP) is 0.515. The number of hydrazine groups is 1. The van der Waals surface area contributed by atoms with Gasteiger partial charge in [0.05, 0.1) is 6.54 Å². The van der Waals surface area contributed by atoms with E-state index in [1.807, 2.05) is 11.3 Å². The van der Waals surface area contributed by atoms with Crippen molar-refractivity contribution in [1.82, 2.24) is 5.43 Å². The van der Waals surface area contributed by atoms with Crippen molar-refractivity contribution in [3.63, 3.8) is 0 Å². The van der Waals surface area contributed by atoms with Crippen molar-refractivity contribution in [2.24, 2.45) is 16.6 Å². The third kappa shape index (κ3) is 1.88. The zero-order valence-electron chi connectivity index (χ0n) is 7.92. The number of nitrogens with one attached hydrogen (secondary N) is 1. The number of hydrogen-bond donors (Lipinski definition) is 3. The summed E-state index contributed by atoms with van der Waals surface area (Å²) in [6.07, 6.45) is 3.76. The van der Waals surface area contributed by atoms with Crippen LogP contribution in [0, 0.1) is 0 Å². The van der Waals surface area contributed by atoms with Gasteiger partial charge in [-0.25, -0.2) is 10.8 Å². The van der Waals surface area contributed by atoms with E-state index in [-0.39, 0.29) is 0 Å². The molecule has 2 rings (SSSR count). The van der Waals surface area contributed by atoms with E-state index in [0.29, 0.717) is 12.5 Å². The van der Waals surface area contributed by atoms with Crippen LogP contribution in [-0.4, -0.2) is 5.96 Å². The molecule has 0 aromatic carbocycles. The molecule has 0 aliphatic heterocycles. The standard InChI is InChI=1S/C9H14N4S/c10-9(13-11)12-5-7-4-6-2-1-3-8(6)14-7/h4H,1-3,5,11H2,(H3,10,12,13). The fraction of sp³-hybridized carbons (Fsp3) is 0.444. The molecule has 0 saturated heterocycles. The first-order valence-electron chi connectivity index (χ1n) is 4.66. The summed E-state index contributed by atoms with van der Waals surface area (Å²) in [5.41, 5.74) is 9.25. The first-order valence-corrected chi connectivity index (χ1v) is 5.48. The molecule has 1 aliphatic rings. The van der Waals surface area contributed by atoms with Crippen LogP contribution in [0.1, 0.15) is 21.7 Å².